The minimum Gasteiger partial charge on any atom is -0.301 e. The molecule has 1 heterocycles. The first-order valence-electron chi connectivity index (χ1n) is 7.26. The Labute approximate surface area is 112 Å². The Morgan fingerprint density at radius 1 is 1.17 bits per heavy atom. The number of benzene rings is 1. The summed E-state index contributed by atoms with van der Waals surface area (Å²) in [6.45, 7) is 7.27. The first-order chi connectivity index (χ1) is 8.79. The second kappa shape index (κ2) is 6.91. The first-order valence-corrected chi connectivity index (χ1v) is 7.26. The Morgan fingerprint density at radius 2 is 1.94 bits per heavy atom. The highest BCUT2D eigenvalue weighted by atomic mass is 15.3. The second-order valence-corrected chi connectivity index (χ2v) is 5.43. The maximum absolute atomic E-state index is 2.64. The summed E-state index contributed by atoms with van der Waals surface area (Å²) >= 11 is 0. The molecule has 1 fully saturated rings. The molecule has 2 nitrogen and oxygen atoms in total. The van der Waals surface area contributed by atoms with Crippen LogP contribution in [0.5, 0.6) is 0 Å². The van der Waals surface area contributed by atoms with Gasteiger partial charge in [-0.2, -0.15) is 0 Å². The zero-order valence-electron chi connectivity index (χ0n) is 11.8. The molecule has 0 aromatic heterocycles. The lowest BCUT2D eigenvalue weighted by molar-refractivity contribution is 0.0926. The van der Waals surface area contributed by atoms with Crippen LogP contribution in [-0.2, 0) is 6.42 Å². The van der Waals surface area contributed by atoms with Crippen LogP contribution in [0.15, 0.2) is 30.3 Å². The van der Waals surface area contributed by atoms with E-state index in [0.29, 0.717) is 0 Å². The van der Waals surface area contributed by atoms with Gasteiger partial charge in [0, 0.05) is 25.7 Å². The SMILES string of the molecule is CC[C@@H]1CN(CCCc2ccccc2)CCN1C. The van der Waals surface area contributed by atoms with E-state index in [2.05, 4.69) is 54.1 Å². The topological polar surface area (TPSA) is 6.48 Å². The minimum absolute atomic E-state index is 0.760. The molecule has 0 bridgehead atoms. The predicted octanol–water partition coefficient (Wildman–Crippen LogP) is 2.65. The van der Waals surface area contributed by atoms with Crippen LogP contribution in [0.2, 0.25) is 0 Å². The van der Waals surface area contributed by atoms with E-state index in [1.807, 2.05) is 0 Å². The summed E-state index contributed by atoms with van der Waals surface area (Å²) in [4.78, 5) is 5.14. The van der Waals surface area contributed by atoms with Crippen molar-refractivity contribution in [3.8, 4) is 0 Å². The summed E-state index contributed by atoms with van der Waals surface area (Å²) < 4.78 is 0. The molecule has 1 saturated heterocycles. The summed E-state index contributed by atoms with van der Waals surface area (Å²) in [7, 11) is 2.26. The van der Waals surface area contributed by atoms with E-state index < -0.39 is 0 Å². The van der Waals surface area contributed by atoms with Crippen LogP contribution < -0.4 is 0 Å². The van der Waals surface area contributed by atoms with E-state index >= 15 is 0 Å². The van der Waals surface area contributed by atoms with Gasteiger partial charge in [-0.05, 0) is 38.4 Å². The molecule has 0 N–H and O–H groups in total. The number of hydrogen-bond donors (Lipinski definition) is 0. The Morgan fingerprint density at radius 3 is 2.67 bits per heavy atom. The molecular weight excluding hydrogens is 220 g/mol. The highest BCUT2D eigenvalue weighted by Gasteiger charge is 2.21. The van der Waals surface area contributed by atoms with Crippen molar-refractivity contribution in [2.75, 3.05) is 33.2 Å². The zero-order valence-corrected chi connectivity index (χ0v) is 11.8. The molecule has 100 valence electrons. The maximum atomic E-state index is 2.64. The van der Waals surface area contributed by atoms with Gasteiger partial charge in [-0.15, -0.1) is 0 Å². The van der Waals surface area contributed by atoms with Gasteiger partial charge in [-0.3, -0.25) is 0 Å². The van der Waals surface area contributed by atoms with Crippen molar-refractivity contribution in [3.05, 3.63) is 35.9 Å². The van der Waals surface area contributed by atoms with Crippen LogP contribution in [0.3, 0.4) is 0 Å². The molecule has 0 radical (unpaired) electrons. The molecule has 2 heteroatoms. The number of likely N-dealkylation sites (N-methyl/N-ethyl adjacent to an activating group) is 1. The smallest absolute Gasteiger partial charge is 0.0218 e. The van der Waals surface area contributed by atoms with Gasteiger partial charge in [0.25, 0.3) is 0 Å². The first kappa shape index (κ1) is 13.6. The third kappa shape index (κ3) is 3.82. The number of nitrogens with zero attached hydrogens (tertiary/aromatic N) is 2. The summed E-state index contributed by atoms with van der Waals surface area (Å²) in [5, 5.41) is 0. The third-order valence-corrected chi connectivity index (χ3v) is 4.12. The molecular formula is C16H26N2. The average molecular weight is 246 g/mol. The lowest BCUT2D eigenvalue weighted by Gasteiger charge is -2.39. The van der Waals surface area contributed by atoms with E-state index in [1.165, 1.54) is 51.0 Å². The van der Waals surface area contributed by atoms with Gasteiger partial charge in [-0.1, -0.05) is 37.3 Å². The normalized spacial score (nSPS) is 22.2. The molecule has 18 heavy (non-hydrogen) atoms. The van der Waals surface area contributed by atoms with Gasteiger partial charge < -0.3 is 9.80 Å². The lowest BCUT2D eigenvalue weighted by Crippen LogP contribution is -2.51. The Bertz CT molecular complexity index is 336. The van der Waals surface area contributed by atoms with E-state index in [0.717, 1.165) is 6.04 Å². The summed E-state index contributed by atoms with van der Waals surface area (Å²) in [6.07, 6.45) is 3.76. The zero-order chi connectivity index (χ0) is 12.8. The van der Waals surface area contributed by atoms with Crippen LogP contribution in [0, 0.1) is 0 Å². The van der Waals surface area contributed by atoms with Gasteiger partial charge in [0.15, 0.2) is 0 Å². The quantitative estimate of drug-likeness (QED) is 0.788. The van der Waals surface area contributed by atoms with Gasteiger partial charge >= 0.3 is 0 Å². The lowest BCUT2D eigenvalue weighted by atomic mass is 10.1. The van der Waals surface area contributed by atoms with Gasteiger partial charge in [0.05, 0.1) is 0 Å². The molecule has 0 aliphatic carbocycles. The summed E-state index contributed by atoms with van der Waals surface area (Å²) in [6, 6.07) is 11.6. The van der Waals surface area contributed by atoms with E-state index in [9.17, 15) is 0 Å². The average Bonchev–Trinajstić information content (AvgIpc) is 2.42. The highest BCUT2D eigenvalue weighted by Crippen LogP contribution is 2.11. The van der Waals surface area contributed by atoms with E-state index in [-0.39, 0.29) is 0 Å². The van der Waals surface area contributed by atoms with Crippen LogP contribution in [0.25, 0.3) is 0 Å². The standard InChI is InChI=1S/C16H26N2/c1-3-16-14-18(13-12-17(16)2)11-7-10-15-8-5-4-6-9-15/h4-6,8-9,16H,3,7,10-14H2,1-2H3/t16-/m1/s1. The molecule has 0 amide bonds. The molecule has 2 rings (SSSR count). The van der Waals surface area contributed by atoms with Crippen LogP contribution in [0.4, 0.5) is 0 Å². The van der Waals surface area contributed by atoms with Crippen molar-refractivity contribution in [1.29, 1.82) is 0 Å². The number of aryl methyl sites for hydroxylation is 1. The van der Waals surface area contributed by atoms with Crippen LogP contribution >= 0.6 is 0 Å². The van der Waals surface area contributed by atoms with Crippen LogP contribution in [-0.4, -0.2) is 49.1 Å². The van der Waals surface area contributed by atoms with Crippen molar-refractivity contribution in [1.82, 2.24) is 9.80 Å². The monoisotopic (exact) mass is 246 g/mol. The fourth-order valence-electron chi connectivity index (χ4n) is 2.81. The Kier molecular flexibility index (Phi) is 5.21. The third-order valence-electron chi connectivity index (χ3n) is 4.12. The fourth-order valence-corrected chi connectivity index (χ4v) is 2.81. The molecule has 1 aliphatic rings. The number of rotatable bonds is 5. The summed E-state index contributed by atoms with van der Waals surface area (Å²) in [5.41, 5.74) is 1.47. The summed E-state index contributed by atoms with van der Waals surface area (Å²) in [5.74, 6) is 0. The van der Waals surface area contributed by atoms with E-state index in [1.54, 1.807) is 0 Å². The molecule has 1 aliphatic heterocycles. The largest absolute Gasteiger partial charge is 0.301 e. The van der Waals surface area contributed by atoms with Crippen molar-refractivity contribution in [2.45, 2.75) is 32.2 Å². The molecule has 0 unspecified atom stereocenters. The predicted molar refractivity (Wildman–Crippen MR) is 77.9 cm³/mol. The van der Waals surface area contributed by atoms with E-state index in [4.69, 9.17) is 0 Å². The minimum atomic E-state index is 0.760. The van der Waals surface area contributed by atoms with Gasteiger partial charge in [0.1, 0.15) is 0 Å². The molecule has 1 aromatic rings. The fraction of sp³-hybridized carbons (Fsp3) is 0.625. The number of hydrogen-bond acceptors (Lipinski definition) is 2. The van der Waals surface area contributed by atoms with Crippen molar-refractivity contribution in [3.63, 3.8) is 0 Å². The maximum Gasteiger partial charge on any atom is 0.0218 e. The highest BCUT2D eigenvalue weighted by molar-refractivity contribution is 5.14. The van der Waals surface area contributed by atoms with Crippen molar-refractivity contribution >= 4 is 0 Å². The van der Waals surface area contributed by atoms with Gasteiger partial charge in [0.2, 0.25) is 0 Å². The van der Waals surface area contributed by atoms with Crippen molar-refractivity contribution < 1.29 is 0 Å². The van der Waals surface area contributed by atoms with Crippen LogP contribution in [0.1, 0.15) is 25.3 Å². The Hall–Kier alpha value is -0.860. The molecule has 1 atom stereocenters. The van der Waals surface area contributed by atoms with Gasteiger partial charge in [-0.25, -0.2) is 0 Å². The Balaban J connectivity index is 1.71. The number of piperazine rings is 1. The molecule has 0 saturated carbocycles. The molecule has 1 aromatic carbocycles. The second-order valence-electron chi connectivity index (χ2n) is 5.43. The van der Waals surface area contributed by atoms with Crippen molar-refractivity contribution in [2.24, 2.45) is 0 Å². The molecule has 0 spiro atoms.